The zero-order valence-electron chi connectivity index (χ0n) is 15.3. The summed E-state index contributed by atoms with van der Waals surface area (Å²) in [6.07, 6.45) is 4.54. The topological polar surface area (TPSA) is 59.9 Å². The third-order valence-electron chi connectivity index (χ3n) is 4.33. The zero-order chi connectivity index (χ0) is 18.6. The van der Waals surface area contributed by atoms with Crippen LogP contribution in [0.25, 0.3) is 21.6 Å². The standard InChI is InChI=1S/C21H20N4OS/c1-3-17-11-18-20(23-12-14-6-8-16(26-2)9-7-14)24-19(25-21(18)27-17)15-5-4-10-22-13-15/h4-11,13H,3,12H2,1-2H3,(H,23,24,25). The van der Waals surface area contributed by atoms with Gasteiger partial charge in [0.1, 0.15) is 16.4 Å². The number of aromatic nitrogens is 3. The lowest BCUT2D eigenvalue weighted by atomic mass is 10.2. The van der Waals surface area contributed by atoms with E-state index in [1.807, 2.05) is 24.3 Å². The van der Waals surface area contributed by atoms with Crippen LogP contribution in [0, 0.1) is 0 Å². The molecule has 3 heterocycles. The maximum atomic E-state index is 5.22. The fraction of sp³-hybridized carbons (Fsp3) is 0.190. The minimum absolute atomic E-state index is 0.680. The summed E-state index contributed by atoms with van der Waals surface area (Å²) in [5, 5.41) is 4.55. The molecule has 0 unspecified atom stereocenters. The van der Waals surface area contributed by atoms with E-state index in [9.17, 15) is 0 Å². The summed E-state index contributed by atoms with van der Waals surface area (Å²) < 4.78 is 5.22. The maximum Gasteiger partial charge on any atom is 0.164 e. The third kappa shape index (κ3) is 3.75. The summed E-state index contributed by atoms with van der Waals surface area (Å²) in [4.78, 5) is 16.0. The number of nitrogens with one attached hydrogen (secondary N) is 1. The van der Waals surface area contributed by atoms with Crippen molar-refractivity contribution in [2.75, 3.05) is 12.4 Å². The van der Waals surface area contributed by atoms with Crippen molar-refractivity contribution in [3.05, 3.63) is 65.3 Å². The highest BCUT2D eigenvalue weighted by molar-refractivity contribution is 7.18. The van der Waals surface area contributed by atoms with Crippen molar-refractivity contribution < 1.29 is 4.74 Å². The van der Waals surface area contributed by atoms with Crippen LogP contribution < -0.4 is 10.1 Å². The van der Waals surface area contributed by atoms with Crippen LogP contribution in [-0.2, 0) is 13.0 Å². The summed E-state index contributed by atoms with van der Waals surface area (Å²) in [5.41, 5.74) is 2.08. The number of aryl methyl sites for hydroxylation is 1. The quantitative estimate of drug-likeness (QED) is 0.517. The van der Waals surface area contributed by atoms with Crippen LogP contribution in [0.2, 0.25) is 0 Å². The first-order chi connectivity index (χ1) is 13.3. The number of pyridine rings is 1. The van der Waals surface area contributed by atoms with Crippen molar-refractivity contribution in [3.63, 3.8) is 0 Å². The van der Waals surface area contributed by atoms with Crippen LogP contribution in [0.15, 0.2) is 54.9 Å². The molecule has 0 atom stereocenters. The molecular formula is C21H20N4OS. The molecule has 27 heavy (non-hydrogen) atoms. The van der Waals surface area contributed by atoms with Crippen LogP contribution in [0.3, 0.4) is 0 Å². The van der Waals surface area contributed by atoms with Gasteiger partial charge in [0.15, 0.2) is 5.82 Å². The number of thiophene rings is 1. The highest BCUT2D eigenvalue weighted by Crippen LogP contribution is 2.31. The van der Waals surface area contributed by atoms with E-state index in [2.05, 4.69) is 35.4 Å². The van der Waals surface area contributed by atoms with E-state index in [-0.39, 0.29) is 0 Å². The van der Waals surface area contributed by atoms with Crippen LogP contribution in [0.4, 0.5) is 5.82 Å². The lowest BCUT2D eigenvalue weighted by Crippen LogP contribution is -2.03. The maximum absolute atomic E-state index is 5.22. The van der Waals surface area contributed by atoms with Gasteiger partial charge >= 0.3 is 0 Å². The van der Waals surface area contributed by atoms with E-state index < -0.39 is 0 Å². The first-order valence-electron chi connectivity index (χ1n) is 8.84. The van der Waals surface area contributed by atoms with Crippen LogP contribution in [0.5, 0.6) is 5.75 Å². The Labute approximate surface area is 162 Å². The number of anilines is 1. The van der Waals surface area contributed by atoms with Gasteiger partial charge in [-0.1, -0.05) is 19.1 Å². The number of fused-ring (bicyclic) bond motifs is 1. The average molecular weight is 376 g/mol. The Bertz CT molecular complexity index is 1050. The Hall–Kier alpha value is -2.99. The number of nitrogens with zero attached hydrogens (tertiary/aromatic N) is 3. The molecule has 3 aromatic heterocycles. The van der Waals surface area contributed by atoms with E-state index in [4.69, 9.17) is 14.7 Å². The van der Waals surface area contributed by atoms with Gasteiger partial charge in [0.25, 0.3) is 0 Å². The van der Waals surface area contributed by atoms with Crippen molar-refractivity contribution in [1.29, 1.82) is 0 Å². The molecule has 0 amide bonds. The van der Waals surface area contributed by atoms with Crippen LogP contribution in [0.1, 0.15) is 17.4 Å². The Morgan fingerprint density at radius 3 is 2.67 bits per heavy atom. The van der Waals surface area contributed by atoms with Crippen molar-refractivity contribution in [1.82, 2.24) is 15.0 Å². The van der Waals surface area contributed by atoms with Crippen LogP contribution >= 0.6 is 11.3 Å². The molecule has 0 radical (unpaired) electrons. The summed E-state index contributed by atoms with van der Waals surface area (Å²) in [5.74, 6) is 2.40. The molecule has 0 saturated carbocycles. The Kier molecular flexibility index (Phi) is 4.98. The molecule has 0 aliphatic rings. The molecule has 136 valence electrons. The lowest BCUT2D eigenvalue weighted by molar-refractivity contribution is 0.414. The number of rotatable bonds is 6. The molecule has 4 aromatic rings. The van der Waals surface area contributed by atoms with Gasteiger partial charge in [-0.15, -0.1) is 11.3 Å². The molecule has 0 fully saturated rings. The van der Waals surface area contributed by atoms with Crippen molar-refractivity contribution >= 4 is 27.4 Å². The summed E-state index contributed by atoms with van der Waals surface area (Å²) in [7, 11) is 1.67. The molecule has 0 spiro atoms. The second-order valence-electron chi connectivity index (χ2n) is 6.12. The molecule has 0 bridgehead atoms. The van der Waals surface area contributed by atoms with E-state index in [1.54, 1.807) is 30.8 Å². The Morgan fingerprint density at radius 1 is 1.11 bits per heavy atom. The zero-order valence-corrected chi connectivity index (χ0v) is 16.1. The average Bonchev–Trinajstić information content (AvgIpc) is 3.16. The van der Waals surface area contributed by atoms with E-state index >= 15 is 0 Å². The summed E-state index contributed by atoms with van der Waals surface area (Å²) >= 11 is 1.72. The molecule has 4 rings (SSSR count). The molecule has 0 saturated heterocycles. The lowest BCUT2D eigenvalue weighted by Gasteiger charge is -2.09. The molecular weight excluding hydrogens is 356 g/mol. The van der Waals surface area contributed by atoms with E-state index in [0.29, 0.717) is 12.4 Å². The van der Waals surface area contributed by atoms with Gasteiger partial charge in [-0.3, -0.25) is 4.98 Å². The fourth-order valence-corrected chi connectivity index (χ4v) is 3.80. The Morgan fingerprint density at radius 2 is 1.96 bits per heavy atom. The minimum atomic E-state index is 0.680. The monoisotopic (exact) mass is 376 g/mol. The van der Waals surface area contributed by atoms with Crippen molar-refractivity contribution in [3.8, 4) is 17.1 Å². The molecule has 6 heteroatoms. The first kappa shape index (κ1) is 17.4. The number of ether oxygens (including phenoxy) is 1. The smallest absolute Gasteiger partial charge is 0.164 e. The number of benzene rings is 1. The highest BCUT2D eigenvalue weighted by atomic mass is 32.1. The van der Waals surface area contributed by atoms with Gasteiger partial charge in [0, 0.05) is 29.4 Å². The van der Waals surface area contributed by atoms with Crippen LogP contribution in [-0.4, -0.2) is 22.1 Å². The first-order valence-corrected chi connectivity index (χ1v) is 9.66. The van der Waals surface area contributed by atoms with Gasteiger partial charge < -0.3 is 10.1 Å². The molecule has 1 N–H and O–H groups in total. The predicted octanol–water partition coefficient (Wildman–Crippen LogP) is 4.94. The third-order valence-corrected chi connectivity index (χ3v) is 5.50. The predicted molar refractivity (Wildman–Crippen MR) is 110 cm³/mol. The molecule has 5 nitrogen and oxygen atoms in total. The minimum Gasteiger partial charge on any atom is -0.497 e. The van der Waals surface area contributed by atoms with Gasteiger partial charge in [0.2, 0.25) is 0 Å². The van der Waals surface area contributed by atoms with Gasteiger partial charge in [-0.25, -0.2) is 9.97 Å². The molecule has 0 aliphatic heterocycles. The number of hydrogen-bond acceptors (Lipinski definition) is 6. The van der Waals surface area contributed by atoms with Crippen molar-refractivity contribution in [2.24, 2.45) is 0 Å². The number of hydrogen-bond donors (Lipinski definition) is 1. The van der Waals surface area contributed by atoms with Gasteiger partial charge in [-0.2, -0.15) is 0 Å². The Balaban J connectivity index is 1.69. The second-order valence-corrected chi connectivity index (χ2v) is 7.24. The van der Waals surface area contributed by atoms with Gasteiger partial charge in [-0.05, 0) is 42.3 Å². The highest BCUT2D eigenvalue weighted by Gasteiger charge is 2.13. The second kappa shape index (κ2) is 7.72. The molecule has 0 aliphatic carbocycles. The summed E-state index contributed by atoms with van der Waals surface area (Å²) in [6.45, 7) is 2.84. The van der Waals surface area contributed by atoms with Crippen molar-refractivity contribution in [2.45, 2.75) is 19.9 Å². The molecule has 1 aromatic carbocycles. The normalized spacial score (nSPS) is 10.9. The largest absolute Gasteiger partial charge is 0.497 e. The fourth-order valence-electron chi connectivity index (χ4n) is 2.83. The van der Waals surface area contributed by atoms with Gasteiger partial charge in [0.05, 0.1) is 12.5 Å². The number of methoxy groups -OCH3 is 1. The summed E-state index contributed by atoms with van der Waals surface area (Å²) in [6, 6.07) is 14.1. The van der Waals surface area contributed by atoms with E-state index in [0.717, 1.165) is 39.3 Å². The SMILES string of the molecule is CCc1cc2c(NCc3ccc(OC)cc3)nc(-c3cccnc3)nc2s1. The van der Waals surface area contributed by atoms with E-state index in [1.165, 1.54) is 4.88 Å².